The Balaban J connectivity index is 0. The maximum absolute atomic E-state index is 12.6. The van der Waals surface area contributed by atoms with Crippen LogP contribution in [0.1, 0.15) is 175 Å². The molecule has 0 aromatic heterocycles. The summed E-state index contributed by atoms with van der Waals surface area (Å²) in [5.41, 5.74) is 0. The van der Waals surface area contributed by atoms with Gasteiger partial charge in [0.15, 0.2) is 6.10 Å². The van der Waals surface area contributed by atoms with E-state index < -0.39 is 38.6 Å². The molecule has 13 heteroatoms. The predicted octanol–water partition coefficient (Wildman–Crippen LogP) is 9.99. The van der Waals surface area contributed by atoms with E-state index in [1.165, 1.54) is 97.0 Å². The Morgan fingerprint density at radius 3 is 1.51 bits per heavy atom. The van der Waals surface area contributed by atoms with Crippen molar-refractivity contribution < 1.29 is 51.8 Å². The van der Waals surface area contributed by atoms with Crippen molar-refractivity contribution in [1.29, 1.82) is 0 Å². The highest BCUT2D eigenvalue weighted by Gasteiger charge is 2.26. The Labute approximate surface area is 310 Å². The van der Waals surface area contributed by atoms with Gasteiger partial charge in [0.2, 0.25) is 0 Å². The van der Waals surface area contributed by atoms with Crippen LogP contribution in [0.15, 0.2) is 0 Å². The number of hydrogen-bond acceptors (Lipinski definition) is 10. The SMILES string of the molecule is C.CCCCCCCCCCCCCC(=O)OCC(COP(=O)(O)OCCNC(=O)OCCOC)OC(=O)CCCCCCCCCCCCC. The molecule has 0 aliphatic rings. The fourth-order valence-corrected chi connectivity index (χ4v) is 6.03. The van der Waals surface area contributed by atoms with Gasteiger partial charge in [0.05, 0.1) is 19.8 Å². The van der Waals surface area contributed by atoms with Crippen molar-refractivity contribution in [3.05, 3.63) is 0 Å². The van der Waals surface area contributed by atoms with E-state index in [-0.39, 0.29) is 53.2 Å². The third-order valence-corrected chi connectivity index (χ3v) is 9.25. The molecule has 0 aromatic rings. The Bertz CT molecular complexity index is 862. The van der Waals surface area contributed by atoms with E-state index in [9.17, 15) is 23.8 Å². The van der Waals surface area contributed by atoms with E-state index in [2.05, 4.69) is 19.2 Å². The molecule has 2 N–H and O–H groups in total. The Hall–Kier alpha value is -1.72. The van der Waals surface area contributed by atoms with Crippen LogP contribution < -0.4 is 5.32 Å². The first-order valence-electron chi connectivity index (χ1n) is 19.6. The molecule has 0 saturated heterocycles. The summed E-state index contributed by atoms with van der Waals surface area (Å²) in [7, 11) is -3.08. The third-order valence-electron chi connectivity index (χ3n) is 8.27. The van der Waals surface area contributed by atoms with Crippen molar-refractivity contribution in [1.82, 2.24) is 5.32 Å². The number of rotatable bonds is 37. The molecule has 0 rings (SSSR count). The lowest BCUT2D eigenvalue weighted by Gasteiger charge is -2.20. The van der Waals surface area contributed by atoms with Crippen LogP contribution in [-0.2, 0) is 42.1 Å². The van der Waals surface area contributed by atoms with E-state index in [1.807, 2.05) is 0 Å². The summed E-state index contributed by atoms with van der Waals surface area (Å²) in [6.07, 6.45) is 24.2. The highest BCUT2D eigenvalue weighted by molar-refractivity contribution is 7.47. The molecule has 0 aromatic carbocycles. The average Bonchev–Trinajstić information content (AvgIpc) is 3.09. The van der Waals surface area contributed by atoms with Gasteiger partial charge >= 0.3 is 25.9 Å². The topological polar surface area (TPSA) is 156 Å². The quantitative estimate of drug-likeness (QED) is 0.0269. The van der Waals surface area contributed by atoms with Gasteiger partial charge in [0.1, 0.15) is 13.2 Å². The van der Waals surface area contributed by atoms with Crippen molar-refractivity contribution in [2.75, 3.05) is 46.7 Å². The number of carbonyl (C=O) groups excluding carboxylic acids is 3. The summed E-state index contributed by atoms with van der Waals surface area (Å²) in [4.78, 5) is 46.7. The minimum atomic E-state index is -4.56. The molecular weight excluding hydrogens is 677 g/mol. The Morgan fingerprint density at radius 1 is 0.588 bits per heavy atom. The maximum Gasteiger partial charge on any atom is 0.472 e. The summed E-state index contributed by atoms with van der Waals surface area (Å²) in [5.74, 6) is -0.903. The fraction of sp³-hybridized carbons (Fsp3) is 0.921. The number of esters is 2. The van der Waals surface area contributed by atoms with Crippen LogP contribution in [0.5, 0.6) is 0 Å². The number of amides is 1. The van der Waals surface area contributed by atoms with Gasteiger partial charge in [-0.15, -0.1) is 0 Å². The number of nitrogens with one attached hydrogen (secondary N) is 1. The van der Waals surface area contributed by atoms with E-state index in [0.717, 1.165) is 38.5 Å². The normalized spacial score (nSPS) is 12.8. The van der Waals surface area contributed by atoms with Gasteiger partial charge in [0.25, 0.3) is 0 Å². The summed E-state index contributed by atoms with van der Waals surface area (Å²) in [6.45, 7) is 3.52. The fourth-order valence-electron chi connectivity index (χ4n) is 5.28. The molecule has 12 nitrogen and oxygen atoms in total. The third kappa shape index (κ3) is 37.8. The van der Waals surface area contributed by atoms with Crippen molar-refractivity contribution >= 4 is 25.9 Å². The van der Waals surface area contributed by atoms with Crippen LogP contribution in [0.4, 0.5) is 4.79 Å². The number of phosphoric ester groups is 1. The average molecular weight is 754 g/mol. The van der Waals surface area contributed by atoms with Crippen LogP contribution >= 0.6 is 7.82 Å². The second-order valence-electron chi connectivity index (χ2n) is 13.0. The molecule has 2 atom stereocenters. The molecule has 304 valence electrons. The van der Waals surface area contributed by atoms with Gasteiger partial charge in [-0.05, 0) is 12.8 Å². The highest BCUT2D eigenvalue weighted by Crippen LogP contribution is 2.43. The van der Waals surface area contributed by atoms with E-state index in [1.54, 1.807) is 0 Å². The standard InChI is InChI=1S/C37H72NO11P.CH4/c1-4-6-8-10-12-14-16-18-20-22-24-26-35(39)46-32-34(33-48-50(42,43)47-29-28-38-37(41)45-31-30-44-3)49-36(40)27-25-23-21-19-17-15-13-11-9-7-5-2;/h34H,4-33H2,1-3H3,(H,38,41)(H,42,43);1H4. The van der Waals surface area contributed by atoms with Crippen LogP contribution in [0.2, 0.25) is 0 Å². The zero-order chi connectivity index (χ0) is 37.0. The van der Waals surface area contributed by atoms with Crippen molar-refractivity contribution in [2.45, 2.75) is 181 Å². The number of carbonyl (C=O) groups is 3. The monoisotopic (exact) mass is 754 g/mol. The maximum atomic E-state index is 12.6. The van der Waals surface area contributed by atoms with Crippen molar-refractivity contribution in [3.63, 3.8) is 0 Å². The van der Waals surface area contributed by atoms with E-state index in [4.69, 9.17) is 28.0 Å². The molecule has 51 heavy (non-hydrogen) atoms. The summed E-state index contributed by atoms with van der Waals surface area (Å²) >= 11 is 0. The van der Waals surface area contributed by atoms with Gasteiger partial charge < -0.3 is 29.2 Å². The molecule has 0 bridgehead atoms. The number of unbranched alkanes of at least 4 members (excludes halogenated alkanes) is 20. The Morgan fingerprint density at radius 2 is 1.04 bits per heavy atom. The smallest absolute Gasteiger partial charge is 0.462 e. The first-order valence-corrected chi connectivity index (χ1v) is 21.1. The van der Waals surface area contributed by atoms with Gasteiger partial charge in [0, 0.05) is 26.5 Å². The summed E-state index contributed by atoms with van der Waals surface area (Å²) < 4.78 is 42.8. The molecule has 0 aliphatic carbocycles. The molecule has 2 unspecified atom stereocenters. The van der Waals surface area contributed by atoms with Crippen LogP contribution in [0.25, 0.3) is 0 Å². The molecule has 0 fully saturated rings. The van der Waals surface area contributed by atoms with Crippen molar-refractivity contribution in [2.24, 2.45) is 0 Å². The number of alkyl carbamates (subject to hydrolysis) is 1. The van der Waals surface area contributed by atoms with Gasteiger partial charge in [-0.3, -0.25) is 18.6 Å². The van der Waals surface area contributed by atoms with E-state index >= 15 is 0 Å². The van der Waals surface area contributed by atoms with Crippen LogP contribution in [0, 0.1) is 0 Å². The van der Waals surface area contributed by atoms with E-state index in [0.29, 0.717) is 12.8 Å². The van der Waals surface area contributed by atoms with Gasteiger partial charge in [-0.25, -0.2) is 9.36 Å². The van der Waals surface area contributed by atoms with Crippen LogP contribution in [-0.4, -0.2) is 75.7 Å². The first kappa shape index (κ1) is 51.4. The molecule has 0 saturated carbocycles. The largest absolute Gasteiger partial charge is 0.472 e. The summed E-state index contributed by atoms with van der Waals surface area (Å²) in [5, 5.41) is 2.37. The van der Waals surface area contributed by atoms with Crippen LogP contribution in [0.3, 0.4) is 0 Å². The lowest BCUT2D eigenvalue weighted by molar-refractivity contribution is -0.161. The Kier molecular flexibility index (Phi) is 38.3. The zero-order valence-corrected chi connectivity index (χ0v) is 32.7. The number of methoxy groups -OCH3 is 1. The molecule has 0 heterocycles. The van der Waals surface area contributed by atoms with Gasteiger partial charge in [-0.2, -0.15) is 0 Å². The number of ether oxygens (including phenoxy) is 4. The summed E-state index contributed by atoms with van der Waals surface area (Å²) in [6, 6.07) is 0. The zero-order valence-electron chi connectivity index (χ0n) is 31.8. The lowest BCUT2D eigenvalue weighted by Crippen LogP contribution is -2.30. The predicted molar refractivity (Wildman–Crippen MR) is 203 cm³/mol. The minimum absolute atomic E-state index is 0. The minimum Gasteiger partial charge on any atom is -0.462 e. The van der Waals surface area contributed by atoms with Crippen molar-refractivity contribution in [3.8, 4) is 0 Å². The lowest BCUT2D eigenvalue weighted by atomic mass is 10.1. The molecular formula is C38H76NO11P. The first-order chi connectivity index (χ1) is 24.2. The second kappa shape index (κ2) is 38.0. The molecule has 0 spiro atoms. The number of phosphoric acid groups is 1. The number of hydrogen-bond donors (Lipinski definition) is 2. The molecule has 1 amide bonds. The molecule has 0 radical (unpaired) electrons. The second-order valence-corrected chi connectivity index (χ2v) is 14.5. The highest BCUT2D eigenvalue weighted by atomic mass is 31.2. The van der Waals surface area contributed by atoms with Gasteiger partial charge in [-0.1, -0.05) is 150 Å². The molecule has 0 aliphatic heterocycles.